The number of thiophene rings is 1. The van der Waals surface area contributed by atoms with Crippen LogP contribution in [0.2, 0.25) is 0 Å². The molecule has 6 heteroatoms. The molecule has 3 rings (SSSR count). The molecule has 0 spiro atoms. The maximum Gasteiger partial charge on any atom is 0.191 e. The Bertz CT molecular complexity index is 649. The number of guanidine groups is 1. The van der Waals surface area contributed by atoms with Crippen molar-refractivity contribution in [3.8, 4) is 0 Å². The zero-order valence-electron chi connectivity index (χ0n) is 14.7. The first-order chi connectivity index (χ1) is 12.3. The van der Waals surface area contributed by atoms with E-state index in [9.17, 15) is 0 Å². The van der Waals surface area contributed by atoms with Crippen LogP contribution in [0, 0.1) is 0 Å². The van der Waals surface area contributed by atoms with Crippen LogP contribution < -0.4 is 15.5 Å². The topological polar surface area (TPSA) is 48.9 Å². The SMILES string of the molecule is CCNC(=NCc1ccsc1)NCc1ccc(N2CCOCC2)cc1. The molecular weight excluding hydrogens is 332 g/mol. The van der Waals surface area contributed by atoms with Gasteiger partial charge in [0.2, 0.25) is 0 Å². The molecule has 1 saturated heterocycles. The molecule has 25 heavy (non-hydrogen) atoms. The second-order valence-corrected chi connectivity index (χ2v) is 6.73. The fourth-order valence-electron chi connectivity index (χ4n) is 2.73. The number of anilines is 1. The number of aliphatic imine (C=N–C) groups is 1. The molecule has 1 aliphatic heterocycles. The number of rotatable bonds is 6. The highest BCUT2D eigenvalue weighted by Gasteiger charge is 2.10. The number of hydrogen-bond donors (Lipinski definition) is 2. The van der Waals surface area contributed by atoms with Crippen LogP contribution in [0.3, 0.4) is 0 Å². The summed E-state index contributed by atoms with van der Waals surface area (Å²) >= 11 is 1.71. The second kappa shape index (κ2) is 9.44. The summed E-state index contributed by atoms with van der Waals surface area (Å²) in [6.07, 6.45) is 0. The van der Waals surface area contributed by atoms with Gasteiger partial charge in [0, 0.05) is 31.9 Å². The third-order valence-electron chi connectivity index (χ3n) is 4.12. The lowest BCUT2D eigenvalue weighted by molar-refractivity contribution is 0.122. The van der Waals surface area contributed by atoms with Crippen LogP contribution in [0.1, 0.15) is 18.1 Å². The van der Waals surface area contributed by atoms with Gasteiger partial charge >= 0.3 is 0 Å². The molecule has 0 radical (unpaired) electrons. The smallest absolute Gasteiger partial charge is 0.191 e. The van der Waals surface area contributed by atoms with Crippen molar-refractivity contribution in [1.82, 2.24) is 10.6 Å². The van der Waals surface area contributed by atoms with Gasteiger partial charge < -0.3 is 20.3 Å². The summed E-state index contributed by atoms with van der Waals surface area (Å²) in [5, 5.41) is 10.9. The molecule has 0 amide bonds. The van der Waals surface area contributed by atoms with E-state index in [1.807, 2.05) is 0 Å². The van der Waals surface area contributed by atoms with Crippen LogP contribution >= 0.6 is 11.3 Å². The Balaban J connectivity index is 1.54. The van der Waals surface area contributed by atoms with Gasteiger partial charge in [0.25, 0.3) is 0 Å². The Kier molecular flexibility index (Phi) is 6.71. The van der Waals surface area contributed by atoms with E-state index in [4.69, 9.17) is 4.74 Å². The third-order valence-corrected chi connectivity index (χ3v) is 4.85. The Morgan fingerprint density at radius 1 is 1.12 bits per heavy atom. The summed E-state index contributed by atoms with van der Waals surface area (Å²) in [6, 6.07) is 10.9. The van der Waals surface area contributed by atoms with Gasteiger partial charge in [-0.3, -0.25) is 0 Å². The van der Waals surface area contributed by atoms with Crippen molar-refractivity contribution in [3.63, 3.8) is 0 Å². The monoisotopic (exact) mass is 358 g/mol. The lowest BCUT2D eigenvalue weighted by Crippen LogP contribution is -2.37. The molecule has 1 aromatic carbocycles. The van der Waals surface area contributed by atoms with Crippen molar-refractivity contribution < 1.29 is 4.74 Å². The molecule has 134 valence electrons. The average Bonchev–Trinajstić information content (AvgIpc) is 3.19. The summed E-state index contributed by atoms with van der Waals surface area (Å²) in [5.74, 6) is 0.853. The van der Waals surface area contributed by atoms with Gasteiger partial charge in [-0.2, -0.15) is 11.3 Å². The summed E-state index contributed by atoms with van der Waals surface area (Å²) in [4.78, 5) is 7.01. The predicted molar refractivity (Wildman–Crippen MR) is 105 cm³/mol. The Hall–Kier alpha value is -2.05. The molecule has 5 nitrogen and oxygen atoms in total. The van der Waals surface area contributed by atoms with E-state index < -0.39 is 0 Å². The van der Waals surface area contributed by atoms with Crippen LogP contribution in [0.5, 0.6) is 0 Å². The van der Waals surface area contributed by atoms with E-state index in [1.54, 1.807) is 11.3 Å². The molecule has 0 bridgehead atoms. The lowest BCUT2D eigenvalue weighted by Gasteiger charge is -2.28. The molecule has 2 aromatic rings. The normalized spacial score (nSPS) is 15.2. The standard InChI is InChI=1S/C19H26N4OS/c1-2-20-19(22-14-17-7-12-25-15-17)21-13-16-3-5-18(6-4-16)23-8-10-24-11-9-23/h3-7,12,15H,2,8-11,13-14H2,1H3,(H2,20,21,22). The minimum Gasteiger partial charge on any atom is -0.378 e. The van der Waals surface area contributed by atoms with Gasteiger partial charge in [-0.25, -0.2) is 4.99 Å². The number of hydrogen-bond acceptors (Lipinski definition) is 4. The van der Waals surface area contributed by atoms with Crippen molar-refractivity contribution >= 4 is 23.0 Å². The van der Waals surface area contributed by atoms with Crippen molar-refractivity contribution in [3.05, 3.63) is 52.2 Å². The van der Waals surface area contributed by atoms with Crippen molar-refractivity contribution in [2.45, 2.75) is 20.0 Å². The first kappa shape index (κ1) is 17.8. The van der Waals surface area contributed by atoms with Crippen LogP contribution in [0.4, 0.5) is 5.69 Å². The number of nitrogens with zero attached hydrogens (tertiary/aromatic N) is 2. The van der Waals surface area contributed by atoms with Gasteiger partial charge in [-0.15, -0.1) is 0 Å². The van der Waals surface area contributed by atoms with Gasteiger partial charge in [0.1, 0.15) is 0 Å². The first-order valence-corrected chi connectivity index (χ1v) is 9.74. The quantitative estimate of drug-likeness (QED) is 0.616. The van der Waals surface area contributed by atoms with E-state index in [2.05, 4.69) is 68.5 Å². The number of ether oxygens (including phenoxy) is 1. The third kappa shape index (κ3) is 5.47. The number of benzene rings is 1. The van der Waals surface area contributed by atoms with Crippen LogP contribution in [-0.2, 0) is 17.8 Å². The fourth-order valence-corrected chi connectivity index (χ4v) is 3.39. The molecule has 2 heterocycles. The minimum absolute atomic E-state index is 0.703. The highest BCUT2D eigenvalue weighted by Crippen LogP contribution is 2.16. The van der Waals surface area contributed by atoms with Crippen LogP contribution in [-0.4, -0.2) is 38.8 Å². The molecule has 2 N–H and O–H groups in total. The van der Waals surface area contributed by atoms with Crippen LogP contribution in [0.25, 0.3) is 0 Å². The zero-order chi connectivity index (χ0) is 17.3. The molecule has 0 unspecified atom stereocenters. The summed E-state index contributed by atoms with van der Waals surface area (Å²) in [6.45, 7) is 7.97. The van der Waals surface area contributed by atoms with E-state index in [0.717, 1.165) is 45.4 Å². The van der Waals surface area contributed by atoms with Gasteiger partial charge in [0.15, 0.2) is 5.96 Å². The Morgan fingerprint density at radius 2 is 1.92 bits per heavy atom. The molecule has 0 aliphatic carbocycles. The molecule has 0 saturated carbocycles. The summed E-state index contributed by atoms with van der Waals surface area (Å²) in [7, 11) is 0. The average molecular weight is 359 g/mol. The highest BCUT2D eigenvalue weighted by atomic mass is 32.1. The highest BCUT2D eigenvalue weighted by molar-refractivity contribution is 7.07. The number of nitrogens with one attached hydrogen (secondary N) is 2. The van der Waals surface area contributed by atoms with E-state index in [0.29, 0.717) is 6.54 Å². The largest absolute Gasteiger partial charge is 0.378 e. The molecule has 0 atom stereocenters. The second-order valence-electron chi connectivity index (χ2n) is 5.95. The first-order valence-electron chi connectivity index (χ1n) is 8.80. The number of morpholine rings is 1. The van der Waals surface area contributed by atoms with Gasteiger partial charge in [-0.05, 0) is 47.0 Å². The molecule has 1 fully saturated rings. The van der Waals surface area contributed by atoms with E-state index in [-0.39, 0.29) is 0 Å². The molecular formula is C19H26N4OS. The maximum absolute atomic E-state index is 5.41. The van der Waals surface area contributed by atoms with Gasteiger partial charge in [0.05, 0.1) is 19.8 Å². The molecule has 1 aliphatic rings. The fraction of sp³-hybridized carbons (Fsp3) is 0.421. The van der Waals surface area contributed by atoms with Crippen molar-refractivity contribution in [2.75, 3.05) is 37.7 Å². The maximum atomic E-state index is 5.41. The molecule has 1 aromatic heterocycles. The van der Waals surface area contributed by atoms with Crippen molar-refractivity contribution in [1.29, 1.82) is 0 Å². The summed E-state index contributed by atoms with van der Waals surface area (Å²) < 4.78 is 5.41. The predicted octanol–water partition coefficient (Wildman–Crippen LogP) is 2.84. The Labute approximate surface area is 153 Å². The van der Waals surface area contributed by atoms with Crippen LogP contribution in [0.15, 0.2) is 46.1 Å². The summed E-state index contributed by atoms with van der Waals surface area (Å²) in [5.41, 5.74) is 3.76. The van der Waals surface area contributed by atoms with Crippen molar-refractivity contribution in [2.24, 2.45) is 4.99 Å². The van der Waals surface area contributed by atoms with E-state index >= 15 is 0 Å². The zero-order valence-corrected chi connectivity index (χ0v) is 15.5. The van der Waals surface area contributed by atoms with Gasteiger partial charge in [-0.1, -0.05) is 12.1 Å². The lowest BCUT2D eigenvalue weighted by atomic mass is 10.2. The Morgan fingerprint density at radius 3 is 2.60 bits per heavy atom. The van der Waals surface area contributed by atoms with E-state index in [1.165, 1.54) is 16.8 Å². The minimum atomic E-state index is 0.703.